The number of carboxylic acids is 1. The van der Waals surface area contributed by atoms with Gasteiger partial charge in [-0.25, -0.2) is 4.79 Å². The second-order valence-corrected chi connectivity index (χ2v) is 28.2. The lowest BCUT2D eigenvalue weighted by Crippen LogP contribution is -2.70. The van der Waals surface area contributed by atoms with Crippen LogP contribution in [-0.2, 0) is 42.8 Å². The van der Waals surface area contributed by atoms with E-state index in [0.29, 0.717) is 19.3 Å². The zero-order valence-corrected chi connectivity index (χ0v) is 59.5. The van der Waals surface area contributed by atoms with E-state index in [1.165, 1.54) is 212 Å². The summed E-state index contributed by atoms with van der Waals surface area (Å²) in [5, 5.41) is 136. The predicted octanol–water partition coefficient (Wildman–Crippen LogP) is 8.85. The molecule has 96 heavy (non-hydrogen) atoms. The van der Waals surface area contributed by atoms with Gasteiger partial charge >= 0.3 is 5.97 Å². The van der Waals surface area contributed by atoms with Crippen LogP contribution in [0.2, 0.25) is 0 Å². The van der Waals surface area contributed by atoms with Crippen LogP contribution < -0.4 is 10.6 Å². The van der Waals surface area contributed by atoms with Crippen molar-refractivity contribution in [2.24, 2.45) is 0 Å². The third-order valence-electron chi connectivity index (χ3n) is 19.8. The first kappa shape index (κ1) is 87.9. The maximum absolute atomic E-state index is 13.5. The molecule has 0 aromatic rings. The lowest BCUT2D eigenvalue weighted by molar-refractivity contribution is -0.386. The number of amides is 2. The molecule has 0 aliphatic carbocycles. The summed E-state index contributed by atoms with van der Waals surface area (Å²) < 4.78 is 34.9. The maximum atomic E-state index is 13.5. The summed E-state index contributed by atoms with van der Waals surface area (Å²) in [6, 6.07) is -2.52. The lowest BCUT2D eigenvalue weighted by atomic mass is 9.88. The number of hydrogen-bond donors (Lipinski definition) is 14. The molecule has 0 aromatic carbocycles. The number of nitrogens with one attached hydrogen (secondary N) is 2. The van der Waals surface area contributed by atoms with E-state index in [4.69, 9.17) is 28.4 Å². The number of aliphatic hydroxyl groups excluding tert-OH is 11. The van der Waals surface area contributed by atoms with Crippen molar-refractivity contribution in [3.05, 3.63) is 0 Å². The number of unbranched alkanes of at least 4 members (excludes halogenated alkanes) is 40. The first-order valence-corrected chi connectivity index (χ1v) is 38.4. The second-order valence-electron chi connectivity index (χ2n) is 28.2. The van der Waals surface area contributed by atoms with Crippen molar-refractivity contribution >= 4 is 17.8 Å². The van der Waals surface area contributed by atoms with Gasteiger partial charge in [-0.15, -0.1) is 0 Å². The molecule has 0 radical (unpaired) electrons. The van der Waals surface area contributed by atoms with E-state index in [1.807, 2.05) is 0 Å². The number of carboxylic acid groups (broad SMARTS) is 1. The van der Waals surface area contributed by atoms with E-state index in [1.54, 1.807) is 0 Å². The number of aliphatic carboxylic acids is 1. The third kappa shape index (κ3) is 34.6. The molecule has 3 fully saturated rings. The number of rotatable bonds is 60. The summed E-state index contributed by atoms with van der Waals surface area (Å²) in [6.45, 7) is 2.25. The van der Waals surface area contributed by atoms with Crippen molar-refractivity contribution in [3.63, 3.8) is 0 Å². The number of aliphatic hydroxyl groups is 11. The summed E-state index contributed by atoms with van der Waals surface area (Å²) in [7, 11) is 0. The second kappa shape index (κ2) is 53.5. The molecular weight excluding hydrogens is 1240 g/mol. The van der Waals surface area contributed by atoms with Crippen molar-refractivity contribution < 1.29 is 104 Å². The molecule has 566 valence electrons. The van der Waals surface area contributed by atoms with Crippen LogP contribution in [-0.4, -0.2) is 215 Å². The molecule has 3 heterocycles. The molecule has 18 atom stereocenters. The van der Waals surface area contributed by atoms with Gasteiger partial charge in [0.15, 0.2) is 12.6 Å². The molecule has 14 N–H and O–H groups in total. The highest BCUT2D eigenvalue weighted by Crippen LogP contribution is 2.39. The number of ether oxygens (including phenoxy) is 6. The average Bonchev–Trinajstić information content (AvgIpc) is 0.759. The van der Waals surface area contributed by atoms with Crippen LogP contribution in [0.3, 0.4) is 0 Å². The Labute approximate surface area is 576 Å². The molecule has 3 aliphatic heterocycles. The van der Waals surface area contributed by atoms with Gasteiger partial charge in [-0.3, -0.25) is 9.59 Å². The molecule has 3 aliphatic rings. The number of carbonyl (C=O) groups is 3. The van der Waals surface area contributed by atoms with Gasteiger partial charge in [-0.2, -0.15) is 0 Å². The van der Waals surface area contributed by atoms with Crippen LogP contribution in [0.1, 0.15) is 310 Å². The molecule has 0 spiro atoms. The molecule has 23 heteroatoms. The van der Waals surface area contributed by atoms with E-state index in [-0.39, 0.29) is 18.9 Å². The SMILES string of the molecule is CCCCCCCCCCCCCCCCCCCCCCCCCCCCCC(=O)NC(COC1OC(CO)C(OC2OC(CO)C(O)C(OC3(C(=O)O)CC(O)C(NC(C)=O)C(C(O)C(O)CO)O3)C2O)C(O)C1O)C(O)CCCCCCCCCCCCCCCCC. The summed E-state index contributed by atoms with van der Waals surface area (Å²) in [4.78, 5) is 38.6. The molecule has 0 saturated carbocycles. The highest BCUT2D eigenvalue weighted by Gasteiger charge is 2.60. The molecule has 0 aromatic heterocycles. The fraction of sp³-hybridized carbons (Fsp3) is 0.959. The van der Waals surface area contributed by atoms with Crippen molar-refractivity contribution in [2.45, 2.75) is 420 Å². The standard InChI is InChI=1S/C73H138N2O21/c1-4-6-8-10-12-14-16-18-20-21-22-23-24-25-26-27-28-29-30-31-33-35-37-39-41-43-45-47-60(83)75-54(55(80)46-44-42-40-38-36-34-32-19-17-15-13-11-9-7-5-2)52-91-70-65(87)64(86)67(59(51-78)93-70)94-71-66(88)69(63(85)58(50-77)92-71)96-73(72(89)90)48-56(81)61(74-53(3)79)68(95-73)62(84)57(82)49-76/h54-59,61-71,76-78,80-82,84-88H,4-52H2,1-3H3,(H,74,79)(H,75,83)(H,89,90). The van der Waals surface area contributed by atoms with Gasteiger partial charge in [-0.05, 0) is 12.8 Å². The first-order valence-electron chi connectivity index (χ1n) is 38.4. The normalized spacial score (nSPS) is 27.5. The van der Waals surface area contributed by atoms with E-state index in [0.717, 1.165) is 51.9 Å². The topological polar surface area (TPSA) is 373 Å². The zero-order valence-electron chi connectivity index (χ0n) is 59.5. The van der Waals surface area contributed by atoms with Crippen LogP contribution in [0.4, 0.5) is 0 Å². The van der Waals surface area contributed by atoms with Gasteiger partial charge in [0.1, 0.15) is 67.1 Å². The summed E-state index contributed by atoms with van der Waals surface area (Å²) in [5.74, 6) is -6.09. The van der Waals surface area contributed by atoms with E-state index in [9.17, 15) is 75.7 Å². The van der Waals surface area contributed by atoms with Crippen LogP contribution in [0.15, 0.2) is 0 Å². The van der Waals surface area contributed by atoms with Crippen LogP contribution >= 0.6 is 0 Å². The van der Waals surface area contributed by atoms with Crippen LogP contribution in [0, 0.1) is 0 Å². The highest BCUT2D eigenvalue weighted by atomic mass is 16.8. The Bertz CT molecular complexity index is 1930. The van der Waals surface area contributed by atoms with Gasteiger partial charge in [0, 0.05) is 19.8 Å². The minimum Gasteiger partial charge on any atom is -0.477 e. The Hall–Kier alpha value is -2.27. The molecular formula is C73H138N2O21. The zero-order chi connectivity index (χ0) is 70.4. The minimum atomic E-state index is -3.08. The Morgan fingerprint density at radius 3 is 1.30 bits per heavy atom. The average molecular weight is 1380 g/mol. The predicted molar refractivity (Wildman–Crippen MR) is 366 cm³/mol. The Kier molecular flexibility index (Phi) is 49.0. The molecule has 18 unspecified atom stereocenters. The Balaban J connectivity index is 1.51. The van der Waals surface area contributed by atoms with Crippen molar-refractivity contribution in [1.82, 2.24) is 10.6 Å². The molecule has 3 saturated heterocycles. The van der Waals surface area contributed by atoms with E-state index < -0.39 is 148 Å². The molecule has 0 bridgehead atoms. The van der Waals surface area contributed by atoms with E-state index >= 15 is 0 Å². The largest absolute Gasteiger partial charge is 0.477 e. The van der Waals surface area contributed by atoms with Crippen molar-refractivity contribution in [3.8, 4) is 0 Å². The molecule has 3 rings (SSSR count). The molecule has 23 nitrogen and oxygen atoms in total. The third-order valence-corrected chi connectivity index (χ3v) is 19.8. The summed E-state index contributed by atoms with van der Waals surface area (Å²) >= 11 is 0. The number of hydrogen-bond acceptors (Lipinski definition) is 20. The quantitative estimate of drug-likeness (QED) is 0.0253. The minimum absolute atomic E-state index is 0.230. The maximum Gasteiger partial charge on any atom is 0.364 e. The Morgan fingerprint density at radius 2 is 0.906 bits per heavy atom. The van der Waals surface area contributed by atoms with Gasteiger partial charge in [0.25, 0.3) is 5.79 Å². The summed E-state index contributed by atoms with van der Waals surface area (Å²) in [6.07, 6.45) is 23.9. The van der Waals surface area contributed by atoms with Crippen LogP contribution in [0.5, 0.6) is 0 Å². The smallest absolute Gasteiger partial charge is 0.364 e. The van der Waals surface area contributed by atoms with Gasteiger partial charge < -0.3 is 100 Å². The number of carbonyl (C=O) groups excluding carboxylic acids is 2. The lowest BCUT2D eigenvalue weighted by Gasteiger charge is -2.50. The van der Waals surface area contributed by atoms with Gasteiger partial charge in [0.2, 0.25) is 11.8 Å². The monoisotopic (exact) mass is 1380 g/mol. The van der Waals surface area contributed by atoms with E-state index in [2.05, 4.69) is 24.5 Å². The van der Waals surface area contributed by atoms with Crippen molar-refractivity contribution in [2.75, 3.05) is 26.4 Å². The van der Waals surface area contributed by atoms with Gasteiger partial charge in [0.05, 0.1) is 50.7 Å². The summed E-state index contributed by atoms with van der Waals surface area (Å²) in [5.41, 5.74) is 0. The van der Waals surface area contributed by atoms with Crippen LogP contribution in [0.25, 0.3) is 0 Å². The van der Waals surface area contributed by atoms with Gasteiger partial charge in [-0.1, -0.05) is 277 Å². The first-order chi connectivity index (χ1) is 46.4. The van der Waals surface area contributed by atoms with Crippen molar-refractivity contribution in [1.29, 1.82) is 0 Å². The molecule has 2 amide bonds. The Morgan fingerprint density at radius 1 is 0.500 bits per heavy atom. The fourth-order valence-electron chi connectivity index (χ4n) is 13.7. The fourth-order valence-corrected chi connectivity index (χ4v) is 13.7. The highest BCUT2D eigenvalue weighted by molar-refractivity contribution is 5.77.